The molecule has 0 amide bonds. The van der Waals surface area contributed by atoms with Crippen molar-refractivity contribution in [2.45, 2.75) is 0 Å². The monoisotopic (exact) mass is 406 g/mol. The van der Waals surface area contributed by atoms with E-state index in [2.05, 4.69) is 16.3 Å². The van der Waals surface area contributed by atoms with Crippen molar-refractivity contribution in [2.24, 2.45) is 0 Å². The Balaban J connectivity index is 3.06. The average molecular weight is 408 g/mol. The highest BCUT2D eigenvalue weighted by Crippen LogP contribution is 2.57. The zero-order valence-corrected chi connectivity index (χ0v) is 13.8. The smallest absolute Gasteiger partial charge is 0.398 e. The van der Waals surface area contributed by atoms with Crippen molar-refractivity contribution in [3.8, 4) is 11.5 Å². The van der Waals surface area contributed by atoms with Gasteiger partial charge in [-0.05, 0) is 12.1 Å². The first-order valence-electron chi connectivity index (χ1n) is 4.31. The van der Waals surface area contributed by atoms with Crippen LogP contribution in [0.2, 0.25) is 0 Å². The van der Waals surface area contributed by atoms with E-state index in [9.17, 15) is 9.13 Å². The van der Waals surface area contributed by atoms with E-state index in [1.807, 2.05) is 0 Å². The fourth-order valence-corrected chi connectivity index (χ4v) is 2.71. The average Bonchev–Trinajstić information content (AvgIpc) is 2.49. The molecule has 0 bridgehead atoms. The molecule has 20 heavy (non-hydrogen) atoms. The van der Waals surface area contributed by atoms with Gasteiger partial charge in [0, 0.05) is 0 Å². The zero-order valence-electron chi connectivity index (χ0n) is 8.98. The van der Waals surface area contributed by atoms with Crippen LogP contribution in [0.1, 0.15) is 0 Å². The molecule has 0 radical (unpaired) electrons. The molecule has 1 aromatic rings. The van der Waals surface area contributed by atoms with Gasteiger partial charge >= 0.3 is 15.6 Å². The highest BCUT2D eigenvalue weighted by molar-refractivity contribution is 7.51. The van der Waals surface area contributed by atoms with E-state index in [4.69, 9.17) is 56.5 Å². The summed E-state index contributed by atoms with van der Waals surface area (Å²) in [6.07, 6.45) is 0. The van der Waals surface area contributed by atoms with Crippen LogP contribution in [0.5, 0.6) is 11.5 Å². The SMILES string of the molecule is O=P(OCl)(OCl)Oc1ccccc1OP(=O)(OCl)OCl. The van der Waals surface area contributed by atoms with Crippen LogP contribution in [-0.4, -0.2) is 0 Å². The van der Waals surface area contributed by atoms with Crippen LogP contribution >= 0.6 is 63.1 Å². The number of benzene rings is 1. The van der Waals surface area contributed by atoms with Crippen LogP contribution < -0.4 is 9.05 Å². The molecule has 0 heterocycles. The first-order chi connectivity index (χ1) is 9.42. The molecule has 0 atom stereocenters. The van der Waals surface area contributed by atoms with Crippen molar-refractivity contribution in [1.29, 1.82) is 0 Å². The van der Waals surface area contributed by atoms with E-state index in [0.717, 1.165) is 0 Å². The number of para-hydroxylation sites is 2. The van der Waals surface area contributed by atoms with Crippen molar-refractivity contribution < 1.29 is 34.5 Å². The summed E-state index contributed by atoms with van der Waals surface area (Å²) in [6, 6.07) is 5.37. The van der Waals surface area contributed by atoms with Gasteiger partial charge in [0.25, 0.3) is 0 Å². The maximum absolute atomic E-state index is 11.6. The summed E-state index contributed by atoms with van der Waals surface area (Å²) in [5.74, 6) is -0.556. The van der Waals surface area contributed by atoms with Crippen molar-refractivity contribution in [3.05, 3.63) is 24.3 Å². The molecule has 0 aliphatic heterocycles. The largest absolute Gasteiger partial charge is 0.563 e. The minimum Gasteiger partial charge on any atom is -0.398 e. The molecule has 1 aromatic carbocycles. The summed E-state index contributed by atoms with van der Waals surface area (Å²) in [5.41, 5.74) is 0. The number of halogens is 4. The Bertz CT molecular complexity index is 478. The maximum Gasteiger partial charge on any atom is 0.563 e. The second-order valence-electron chi connectivity index (χ2n) is 2.80. The van der Waals surface area contributed by atoms with Crippen LogP contribution in [0.15, 0.2) is 24.3 Å². The topological polar surface area (TPSA) is 89.5 Å². The van der Waals surface area contributed by atoms with Crippen molar-refractivity contribution >= 4 is 63.1 Å². The van der Waals surface area contributed by atoms with Crippen molar-refractivity contribution in [2.75, 3.05) is 0 Å². The summed E-state index contributed by atoms with van der Waals surface area (Å²) >= 11 is 19.7. The number of hydrogen-bond donors (Lipinski definition) is 0. The number of hydrogen-bond acceptors (Lipinski definition) is 8. The van der Waals surface area contributed by atoms with E-state index in [0.29, 0.717) is 0 Å². The molecule has 114 valence electrons. The van der Waals surface area contributed by atoms with Crippen LogP contribution in [0.4, 0.5) is 0 Å². The lowest BCUT2D eigenvalue weighted by Crippen LogP contribution is -1.98. The molecular weight excluding hydrogens is 404 g/mol. The van der Waals surface area contributed by atoms with Gasteiger partial charge in [-0.1, -0.05) is 12.1 Å². The lowest BCUT2D eigenvalue weighted by Gasteiger charge is -2.16. The third-order valence-corrected chi connectivity index (χ3v) is 5.15. The van der Waals surface area contributed by atoms with Gasteiger partial charge in [0.15, 0.2) is 11.5 Å². The summed E-state index contributed by atoms with van der Waals surface area (Å²) in [5, 5.41) is 0. The van der Waals surface area contributed by atoms with Gasteiger partial charge in [0.1, 0.15) is 0 Å². The first-order valence-corrected chi connectivity index (χ1v) is 8.47. The molecular formula is C6H4Cl4O8P2. The van der Waals surface area contributed by atoms with E-state index >= 15 is 0 Å². The van der Waals surface area contributed by atoms with Gasteiger partial charge in [-0.25, -0.2) is 9.13 Å². The standard InChI is InChI=1S/C6H4Cl4O8P2/c7-15-19(11,16-8)13-5-3-1-2-4-6(5)14-20(12,17-9)18-10/h1-4H. The summed E-state index contributed by atoms with van der Waals surface area (Å²) in [7, 11) is -8.60. The minimum atomic E-state index is -4.30. The first kappa shape index (κ1) is 18.3. The number of rotatable bonds is 8. The van der Waals surface area contributed by atoms with Crippen molar-refractivity contribution in [1.82, 2.24) is 0 Å². The predicted octanol–water partition coefficient (Wildman–Crippen LogP) is 5.34. The molecule has 0 aliphatic rings. The highest BCUT2D eigenvalue weighted by atomic mass is 35.5. The molecule has 1 rings (SSSR count). The normalized spacial score (nSPS) is 12.2. The quantitative estimate of drug-likeness (QED) is 0.533. The Morgan fingerprint density at radius 3 is 1.25 bits per heavy atom. The van der Waals surface area contributed by atoms with Gasteiger partial charge < -0.3 is 9.05 Å². The van der Waals surface area contributed by atoms with Crippen LogP contribution in [-0.2, 0) is 25.4 Å². The minimum absolute atomic E-state index is 0.278. The third kappa shape index (κ3) is 4.93. The lowest BCUT2D eigenvalue weighted by atomic mass is 10.3. The van der Waals surface area contributed by atoms with Gasteiger partial charge in [0.05, 0.1) is 47.5 Å². The van der Waals surface area contributed by atoms with E-state index in [1.165, 1.54) is 24.3 Å². The van der Waals surface area contributed by atoms with Crippen LogP contribution in [0.3, 0.4) is 0 Å². The van der Waals surface area contributed by atoms with Crippen LogP contribution in [0, 0.1) is 0 Å². The van der Waals surface area contributed by atoms with Gasteiger partial charge in [-0.15, -0.1) is 0 Å². The molecule has 0 unspecified atom stereocenters. The summed E-state index contributed by atoms with van der Waals surface area (Å²) in [6.45, 7) is 0. The van der Waals surface area contributed by atoms with Gasteiger partial charge in [0.2, 0.25) is 0 Å². The Hall–Kier alpha value is 0.280. The molecule has 0 aliphatic carbocycles. The Morgan fingerprint density at radius 1 is 0.700 bits per heavy atom. The van der Waals surface area contributed by atoms with E-state index in [1.54, 1.807) is 0 Å². The number of phosphoric acid groups is 2. The molecule has 14 heteroatoms. The molecule has 0 saturated carbocycles. The summed E-state index contributed by atoms with van der Waals surface area (Å²) < 4.78 is 48.5. The molecule has 0 N–H and O–H groups in total. The second-order valence-corrected chi connectivity index (χ2v) is 7.16. The Morgan fingerprint density at radius 2 is 1.00 bits per heavy atom. The van der Waals surface area contributed by atoms with E-state index in [-0.39, 0.29) is 11.5 Å². The molecule has 0 fully saturated rings. The Kier molecular flexibility index (Phi) is 7.38. The summed E-state index contributed by atoms with van der Waals surface area (Å²) in [4.78, 5) is 0. The fourth-order valence-electron chi connectivity index (χ4n) is 0.920. The van der Waals surface area contributed by atoms with Crippen molar-refractivity contribution in [3.63, 3.8) is 0 Å². The van der Waals surface area contributed by atoms with E-state index < -0.39 is 15.6 Å². The predicted molar refractivity (Wildman–Crippen MR) is 70.7 cm³/mol. The fraction of sp³-hybridized carbons (Fsp3) is 0. The highest BCUT2D eigenvalue weighted by Gasteiger charge is 2.34. The Labute approximate surface area is 133 Å². The van der Waals surface area contributed by atoms with Gasteiger partial charge in [-0.2, -0.15) is 16.3 Å². The van der Waals surface area contributed by atoms with Gasteiger partial charge in [-0.3, -0.25) is 0 Å². The maximum atomic E-state index is 11.6. The molecule has 0 saturated heterocycles. The van der Waals surface area contributed by atoms with Crippen LogP contribution in [0.25, 0.3) is 0 Å². The lowest BCUT2D eigenvalue weighted by molar-refractivity contribution is 0.296. The molecule has 0 aromatic heterocycles. The second kappa shape index (κ2) is 8.06. The zero-order chi connectivity index (χ0) is 15.2. The molecule has 8 nitrogen and oxygen atoms in total. The third-order valence-electron chi connectivity index (χ3n) is 1.61. The molecule has 0 spiro atoms.